The van der Waals surface area contributed by atoms with Crippen LogP contribution in [0.15, 0.2) is 54.6 Å². The Bertz CT molecular complexity index is 1380. The van der Waals surface area contributed by atoms with E-state index in [1.807, 2.05) is 12.1 Å². The van der Waals surface area contributed by atoms with Gasteiger partial charge in [-0.05, 0) is 24.3 Å². The van der Waals surface area contributed by atoms with Crippen molar-refractivity contribution >= 4 is 27.8 Å². The van der Waals surface area contributed by atoms with Crippen LogP contribution in [0.25, 0.3) is 21.9 Å². The van der Waals surface area contributed by atoms with Crippen molar-refractivity contribution < 1.29 is 31.5 Å². The molecule has 0 spiro atoms. The van der Waals surface area contributed by atoms with E-state index in [-0.39, 0.29) is 29.0 Å². The fourth-order valence-corrected chi connectivity index (χ4v) is 3.95. The van der Waals surface area contributed by atoms with Crippen LogP contribution in [0.1, 0.15) is 22.6 Å². The summed E-state index contributed by atoms with van der Waals surface area (Å²) in [4.78, 5) is 24.2. The van der Waals surface area contributed by atoms with E-state index < -0.39 is 42.9 Å². The van der Waals surface area contributed by atoms with Crippen molar-refractivity contribution in [3.8, 4) is 5.88 Å². The summed E-state index contributed by atoms with van der Waals surface area (Å²) in [5.41, 5.74) is 0.300. The van der Waals surface area contributed by atoms with Crippen LogP contribution in [0.5, 0.6) is 5.88 Å². The molecule has 2 aromatic heterocycles. The number of carbonyl (C=O) groups is 1. The number of rotatable bonds is 3. The fraction of sp³-hybridized carbons (Fsp3) is 0.261. The van der Waals surface area contributed by atoms with Gasteiger partial charge < -0.3 is 14.6 Å². The van der Waals surface area contributed by atoms with Gasteiger partial charge in [0.1, 0.15) is 5.52 Å². The second-order valence-electron chi connectivity index (χ2n) is 8.00. The first kappa shape index (κ1) is 22.1. The lowest BCUT2D eigenvalue weighted by molar-refractivity contribution is -0.144. The number of aromatic amines is 1. The Labute approximate surface area is 189 Å². The molecule has 34 heavy (non-hydrogen) atoms. The number of hydrogen-bond donors (Lipinski definition) is 1. The molecule has 0 aliphatic carbocycles. The number of fused-ring (bicyclic) bond motifs is 2. The molecule has 0 bridgehead atoms. The first-order valence-corrected chi connectivity index (χ1v) is 10.4. The van der Waals surface area contributed by atoms with Gasteiger partial charge in [-0.25, -0.2) is 18.7 Å². The molecule has 3 heterocycles. The van der Waals surface area contributed by atoms with Crippen LogP contribution < -0.4 is 4.74 Å². The van der Waals surface area contributed by atoms with Crippen LogP contribution in [0.4, 0.5) is 22.0 Å². The number of pyridine rings is 1. The van der Waals surface area contributed by atoms with Gasteiger partial charge in [-0.2, -0.15) is 13.2 Å². The highest BCUT2D eigenvalue weighted by atomic mass is 19.4. The van der Waals surface area contributed by atoms with Crippen molar-refractivity contribution in [1.82, 2.24) is 19.9 Å². The molecule has 1 atom stereocenters. The topological polar surface area (TPSA) is 71.1 Å². The predicted octanol–water partition coefficient (Wildman–Crippen LogP) is 5.06. The number of ether oxygens (including phenoxy) is 1. The van der Waals surface area contributed by atoms with Crippen molar-refractivity contribution in [2.75, 3.05) is 13.1 Å². The third-order valence-corrected chi connectivity index (χ3v) is 5.71. The highest BCUT2D eigenvalue weighted by Gasteiger charge is 2.47. The van der Waals surface area contributed by atoms with Gasteiger partial charge in [0, 0.05) is 24.4 Å². The number of imidazole rings is 1. The highest BCUT2D eigenvalue weighted by Crippen LogP contribution is 2.34. The van der Waals surface area contributed by atoms with Crippen LogP contribution in [0.2, 0.25) is 0 Å². The maximum Gasteiger partial charge on any atom is 0.449 e. The van der Waals surface area contributed by atoms with Crippen LogP contribution >= 0.6 is 0 Å². The van der Waals surface area contributed by atoms with Crippen LogP contribution in [-0.2, 0) is 6.18 Å². The molecule has 6 nitrogen and oxygen atoms in total. The van der Waals surface area contributed by atoms with Crippen molar-refractivity contribution in [2.24, 2.45) is 0 Å². The first-order chi connectivity index (χ1) is 16.1. The van der Waals surface area contributed by atoms with Gasteiger partial charge in [0.25, 0.3) is 11.8 Å². The van der Waals surface area contributed by atoms with Gasteiger partial charge in [0.2, 0.25) is 11.7 Å². The minimum Gasteiger partial charge on any atom is -0.466 e. The van der Waals surface area contributed by atoms with Crippen LogP contribution in [-0.4, -0.2) is 50.9 Å². The molecular formula is C23H17F5N4O2. The lowest BCUT2D eigenvalue weighted by atomic mass is 10.0. The molecular weight excluding hydrogens is 459 g/mol. The summed E-state index contributed by atoms with van der Waals surface area (Å²) in [6.07, 6.45) is -7.07. The number of hydrogen-bond acceptors (Lipinski definition) is 4. The normalized spacial score (nSPS) is 18.4. The minimum absolute atomic E-state index is 0.0121. The molecule has 1 saturated heterocycles. The van der Waals surface area contributed by atoms with Crippen molar-refractivity contribution in [2.45, 2.75) is 24.6 Å². The molecule has 1 fully saturated rings. The lowest BCUT2D eigenvalue weighted by Gasteiger charge is -2.38. The Balaban J connectivity index is 1.41. The van der Waals surface area contributed by atoms with Crippen molar-refractivity contribution in [3.05, 3.63) is 66.0 Å². The highest BCUT2D eigenvalue weighted by molar-refractivity contribution is 6.05. The molecule has 5 rings (SSSR count). The average molecular weight is 476 g/mol. The van der Waals surface area contributed by atoms with Gasteiger partial charge in [-0.1, -0.05) is 24.3 Å². The summed E-state index contributed by atoms with van der Waals surface area (Å²) in [5, 5.41) is 0.812. The van der Waals surface area contributed by atoms with E-state index in [0.717, 1.165) is 10.3 Å². The number of piperidine rings is 1. The molecule has 4 aromatic rings. The smallest absolute Gasteiger partial charge is 0.449 e. The summed E-state index contributed by atoms with van der Waals surface area (Å²) < 4.78 is 74.0. The Kier molecular flexibility index (Phi) is 5.14. The van der Waals surface area contributed by atoms with Crippen LogP contribution in [0, 0.1) is 0 Å². The summed E-state index contributed by atoms with van der Waals surface area (Å²) in [5.74, 6) is -5.19. The van der Waals surface area contributed by atoms with Crippen LogP contribution in [0.3, 0.4) is 0 Å². The molecule has 0 radical (unpaired) electrons. The minimum atomic E-state index is -4.72. The number of para-hydroxylation sites is 2. The Morgan fingerprint density at radius 1 is 1.06 bits per heavy atom. The number of benzene rings is 2. The average Bonchev–Trinajstić information content (AvgIpc) is 3.25. The predicted molar refractivity (Wildman–Crippen MR) is 113 cm³/mol. The number of alkyl halides is 5. The molecule has 1 aliphatic rings. The SMILES string of the molecule is O=C(c1cccc2[nH]c(C(F)(F)F)nc12)N1CCC(F)(F)C(Oc2ccc3ccccc3n2)C1. The van der Waals surface area contributed by atoms with Gasteiger partial charge >= 0.3 is 6.18 Å². The Morgan fingerprint density at radius 2 is 1.85 bits per heavy atom. The zero-order valence-corrected chi connectivity index (χ0v) is 17.4. The van der Waals surface area contributed by atoms with Gasteiger partial charge in [0.15, 0.2) is 6.10 Å². The molecule has 2 aromatic carbocycles. The zero-order chi connectivity index (χ0) is 24.1. The summed E-state index contributed by atoms with van der Waals surface area (Å²) in [6.45, 7) is -0.753. The number of amides is 1. The molecule has 1 unspecified atom stereocenters. The quantitative estimate of drug-likeness (QED) is 0.420. The Morgan fingerprint density at radius 3 is 2.65 bits per heavy atom. The zero-order valence-electron chi connectivity index (χ0n) is 17.4. The summed E-state index contributed by atoms with van der Waals surface area (Å²) >= 11 is 0. The van der Waals surface area contributed by atoms with Gasteiger partial charge in [-0.15, -0.1) is 0 Å². The van der Waals surface area contributed by atoms with Gasteiger partial charge in [-0.3, -0.25) is 4.79 Å². The molecule has 11 heteroatoms. The molecule has 1 N–H and O–H groups in total. The number of nitrogens with zero attached hydrogens (tertiary/aromatic N) is 3. The second kappa shape index (κ2) is 7.93. The molecule has 1 amide bonds. The van der Waals surface area contributed by atoms with E-state index in [1.165, 1.54) is 24.3 Å². The van der Waals surface area contributed by atoms with E-state index in [4.69, 9.17) is 4.74 Å². The molecule has 0 saturated carbocycles. The number of nitrogens with one attached hydrogen (secondary N) is 1. The summed E-state index contributed by atoms with van der Waals surface area (Å²) in [7, 11) is 0. The number of H-pyrrole nitrogens is 1. The molecule has 176 valence electrons. The number of aromatic nitrogens is 3. The first-order valence-electron chi connectivity index (χ1n) is 10.4. The fourth-order valence-electron chi connectivity index (χ4n) is 3.95. The van der Waals surface area contributed by atoms with Gasteiger partial charge in [0.05, 0.1) is 23.1 Å². The van der Waals surface area contributed by atoms with E-state index in [9.17, 15) is 26.7 Å². The maximum absolute atomic E-state index is 14.7. The molecule has 1 aliphatic heterocycles. The van der Waals surface area contributed by atoms with E-state index >= 15 is 0 Å². The monoisotopic (exact) mass is 476 g/mol. The second-order valence-corrected chi connectivity index (χ2v) is 8.00. The van der Waals surface area contributed by atoms with E-state index in [0.29, 0.717) is 5.52 Å². The maximum atomic E-state index is 14.7. The van der Waals surface area contributed by atoms with E-state index in [2.05, 4.69) is 15.0 Å². The third-order valence-electron chi connectivity index (χ3n) is 5.71. The largest absolute Gasteiger partial charge is 0.466 e. The summed E-state index contributed by atoms with van der Waals surface area (Å²) in [6, 6.07) is 14.4. The standard InChI is InChI=1S/C23H17F5N4O2/c24-22(25)10-11-32(12-17(22)34-18-9-8-13-4-1-2-6-15(13)29-18)20(33)14-5-3-7-16-19(14)31-21(30-16)23(26,27)28/h1-9,17H,10-12H2,(H,30,31). The number of halogens is 5. The Hall–Kier alpha value is -3.76. The van der Waals surface area contributed by atoms with E-state index in [1.54, 1.807) is 18.2 Å². The third kappa shape index (κ3) is 4.02. The van der Waals surface area contributed by atoms with Crippen molar-refractivity contribution in [1.29, 1.82) is 0 Å². The number of likely N-dealkylation sites (tertiary alicyclic amines) is 1. The number of carbonyl (C=O) groups excluding carboxylic acids is 1. The van der Waals surface area contributed by atoms with Crippen molar-refractivity contribution in [3.63, 3.8) is 0 Å². The lowest BCUT2D eigenvalue weighted by Crippen LogP contribution is -2.55.